The van der Waals surface area contributed by atoms with Gasteiger partial charge in [-0.25, -0.2) is 0 Å². The van der Waals surface area contributed by atoms with Crippen molar-refractivity contribution < 1.29 is 32.4 Å². The summed E-state index contributed by atoms with van der Waals surface area (Å²) >= 11 is 0. The van der Waals surface area contributed by atoms with Gasteiger partial charge in [-0.05, 0) is 0 Å². The first-order chi connectivity index (χ1) is 6.81. The Hall–Kier alpha value is 0.399. The molecule has 0 saturated heterocycles. The summed E-state index contributed by atoms with van der Waals surface area (Å²) in [5, 5.41) is 28.9. The van der Waals surface area contributed by atoms with Crippen LogP contribution in [0.25, 0.3) is 0 Å². The average Bonchev–Trinajstić information content (AvgIpc) is 2.19. The van der Waals surface area contributed by atoms with Gasteiger partial charge in [-0.1, -0.05) is 59.3 Å². The Morgan fingerprint density at radius 1 is 0.562 bits per heavy atom. The molecule has 3 nitrogen and oxygen atoms in total. The van der Waals surface area contributed by atoms with Crippen molar-refractivity contribution in [1.82, 2.24) is 0 Å². The van der Waals surface area contributed by atoms with E-state index in [1.807, 2.05) is 41.5 Å². The predicted molar refractivity (Wildman–Crippen MR) is 59.1 cm³/mol. The van der Waals surface area contributed by atoms with Gasteiger partial charge >= 0.3 is 17.1 Å². The second kappa shape index (κ2) is 20.8. The van der Waals surface area contributed by atoms with Crippen LogP contribution in [0.1, 0.15) is 41.5 Å². The molecule has 0 aromatic carbocycles. The monoisotopic (exact) mass is 275 g/mol. The van der Waals surface area contributed by atoms with E-state index < -0.39 is 0 Å². The maximum Gasteiger partial charge on any atom is 3.00 e. The van der Waals surface area contributed by atoms with Crippen LogP contribution in [-0.4, -0.2) is 19.8 Å². The normalized spacial score (nSPS) is 9.00. The second-order valence-corrected chi connectivity index (χ2v) is 4.68. The van der Waals surface area contributed by atoms with Gasteiger partial charge in [0, 0.05) is 0 Å². The van der Waals surface area contributed by atoms with Crippen molar-refractivity contribution in [2.45, 2.75) is 41.5 Å². The Balaban J connectivity index is -0.0000000655. The molecule has 1 radical (unpaired) electrons. The van der Waals surface area contributed by atoms with E-state index in [9.17, 15) is 15.3 Å². The maximum absolute atomic E-state index is 9.63. The first-order valence-electron chi connectivity index (χ1n) is 5.55. The summed E-state index contributed by atoms with van der Waals surface area (Å²) in [6.07, 6.45) is 0. The van der Waals surface area contributed by atoms with Crippen molar-refractivity contribution in [2.24, 2.45) is 17.8 Å². The van der Waals surface area contributed by atoms with Crippen LogP contribution in [0, 0.1) is 17.8 Å². The molecule has 0 aromatic rings. The van der Waals surface area contributed by atoms with Crippen LogP contribution in [0.5, 0.6) is 0 Å². The van der Waals surface area contributed by atoms with Crippen LogP contribution >= 0.6 is 0 Å². The third-order valence-electron chi connectivity index (χ3n) is 1.00. The Morgan fingerprint density at radius 2 is 0.625 bits per heavy atom. The summed E-state index contributed by atoms with van der Waals surface area (Å²) in [6, 6.07) is 0. The molecule has 0 aliphatic carbocycles. The smallest absolute Gasteiger partial charge is 0.854 e. The summed E-state index contributed by atoms with van der Waals surface area (Å²) in [5.74, 6) is 0.986. The molecule has 0 saturated carbocycles. The molecule has 0 unspecified atom stereocenters. The standard InChI is InChI=1S/3C4H9O.Fe/c3*1-4(2)3-5;/h3*4H,3H2,1-2H3;/q3*-1;+3. The second-order valence-electron chi connectivity index (χ2n) is 4.68. The van der Waals surface area contributed by atoms with Crippen LogP contribution in [0.15, 0.2) is 0 Å². The third-order valence-corrected chi connectivity index (χ3v) is 1.00. The topological polar surface area (TPSA) is 69.2 Å². The van der Waals surface area contributed by atoms with Crippen LogP contribution < -0.4 is 15.3 Å². The van der Waals surface area contributed by atoms with Crippen molar-refractivity contribution >= 4 is 0 Å². The molecule has 0 aromatic heterocycles. The molecule has 0 aliphatic heterocycles. The minimum absolute atomic E-state index is 0. The number of hydrogen-bond acceptors (Lipinski definition) is 3. The van der Waals surface area contributed by atoms with Crippen molar-refractivity contribution in [3.05, 3.63) is 0 Å². The van der Waals surface area contributed by atoms with E-state index in [-0.39, 0.29) is 36.9 Å². The summed E-state index contributed by atoms with van der Waals surface area (Å²) in [4.78, 5) is 0. The van der Waals surface area contributed by atoms with E-state index in [1.54, 1.807) is 0 Å². The van der Waals surface area contributed by atoms with Crippen LogP contribution in [0.3, 0.4) is 0 Å². The fraction of sp³-hybridized carbons (Fsp3) is 1.00. The molecule has 4 heteroatoms. The first kappa shape index (κ1) is 25.3. The third kappa shape index (κ3) is 63.1. The van der Waals surface area contributed by atoms with E-state index in [0.29, 0.717) is 17.8 Å². The van der Waals surface area contributed by atoms with Crippen LogP contribution in [0.4, 0.5) is 0 Å². The van der Waals surface area contributed by atoms with E-state index in [2.05, 4.69) is 0 Å². The zero-order valence-electron chi connectivity index (χ0n) is 11.4. The van der Waals surface area contributed by atoms with Crippen molar-refractivity contribution in [3.8, 4) is 0 Å². The first-order valence-corrected chi connectivity index (χ1v) is 5.55. The van der Waals surface area contributed by atoms with Gasteiger partial charge < -0.3 is 15.3 Å². The molecule has 101 valence electrons. The quantitative estimate of drug-likeness (QED) is 0.681. The van der Waals surface area contributed by atoms with E-state index >= 15 is 0 Å². The summed E-state index contributed by atoms with van der Waals surface area (Å²) in [5.41, 5.74) is 0. The molecule has 0 heterocycles. The molecular formula is C12H27FeO3. The molecule has 0 aliphatic rings. The molecule has 0 N–H and O–H groups in total. The van der Waals surface area contributed by atoms with Gasteiger partial charge in [-0.2, -0.15) is 0 Å². The summed E-state index contributed by atoms with van der Waals surface area (Å²) in [7, 11) is 0. The van der Waals surface area contributed by atoms with Gasteiger partial charge in [0.15, 0.2) is 0 Å². The summed E-state index contributed by atoms with van der Waals surface area (Å²) < 4.78 is 0. The van der Waals surface area contributed by atoms with Crippen LogP contribution in [0.2, 0.25) is 0 Å². The average molecular weight is 275 g/mol. The Labute approximate surface area is 112 Å². The van der Waals surface area contributed by atoms with Crippen LogP contribution in [-0.2, 0) is 17.1 Å². The SMILES string of the molecule is CC(C)C[O-].CC(C)C[O-].CC(C)C[O-].[Fe+3]. The van der Waals surface area contributed by atoms with Gasteiger partial charge in [0.1, 0.15) is 0 Å². The van der Waals surface area contributed by atoms with Gasteiger partial charge in [-0.15, -0.1) is 19.8 Å². The minimum Gasteiger partial charge on any atom is -0.854 e. The molecule has 0 atom stereocenters. The van der Waals surface area contributed by atoms with E-state index in [0.717, 1.165) is 0 Å². The Morgan fingerprint density at radius 3 is 0.625 bits per heavy atom. The molecule has 16 heavy (non-hydrogen) atoms. The van der Waals surface area contributed by atoms with E-state index in [4.69, 9.17) is 0 Å². The summed E-state index contributed by atoms with van der Waals surface area (Å²) in [6.45, 7) is 11.6. The Kier molecular flexibility index (Phi) is 32.8. The van der Waals surface area contributed by atoms with Crippen molar-refractivity contribution in [1.29, 1.82) is 0 Å². The molecule has 0 bridgehead atoms. The maximum atomic E-state index is 9.63. The van der Waals surface area contributed by atoms with Gasteiger partial charge in [-0.3, -0.25) is 0 Å². The zero-order chi connectivity index (χ0) is 12.9. The van der Waals surface area contributed by atoms with E-state index in [1.165, 1.54) is 0 Å². The van der Waals surface area contributed by atoms with Crippen molar-refractivity contribution in [3.63, 3.8) is 0 Å². The number of hydrogen-bond donors (Lipinski definition) is 0. The molecule has 0 rings (SSSR count). The zero-order valence-corrected chi connectivity index (χ0v) is 12.5. The van der Waals surface area contributed by atoms with Gasteiger partial charge in [0.2, 0.25) is 0 Å². The fourth-order valence-corrected chi connectivity index (χ4v) is 0. The largest absolute Gasteiger partial charge is 3.00 e. The fourth-order valence-electron chi connectivity index (χ4n) is 0. The Bertz CT molecular complexity index is 77.2. The predicted octanol–water partition coefficient (Wildman–Crippen LogP) is 0.00560. The number of rotatable bonds is 3. The van der Waals surface area contributed by atoms with Crippen molar-refractivity contribution in [2.75, 3.05) is 19.8 Å². The molecule has 0 amide bonds. The molecule has 0 fully saturated rings. The van der Waals surface area contributed by atoms with Gasteiger partial charge in [0.05, 0.1) is 0 Å². The molecular weight excluding hydrogens is 248 g/mol. The molecule has 0 spiro atoms. The minimum atomic E-state index is 0. The van der Waals surface area contributed by atoms with Gasteiger partial charge in [0.25, 0.3) is 0 Å².